The Morgan fingerprint density at radius 1 is 0.643 bits per heavy atom. The van der Waals surface area contributed by atoms with Crippen LogP contribution in [0.1, 0.15) is 168 Å². The number of ether oxygens (including phenoxy) is 2. The number of rotatable bonds is 39. The molecule has 11 heteroatoms. The van der Waals surface area contributed by atoms with E-state index < -0.39 is 32.5 Å². The predicted molar refractivity (Wildman–Crippen MR) is 228 cm³/mol. The lowest BCUT2D eigenvalue weighted by Crippen LogP contribution is -2.37. The molecule has 0 bridgehead atoms. The van der Waals surface area contributed by atoms with Crippen molar-refractivity contribution >= 4 is 19.8 Å². The minimum absolute atomic E-state index is 0.0453. The van der Waals surface area contributed by atoms with Crippen LogP contribution >= 0.6 is 7.82 Å². The number of allylic oxidation sites excluding steroid dienone is 8. The Morgan fingerprint density at radius 3 is 1.64 bits per heavy atom. The fourth-order valence-electron chi connectivity index (χ4n) is 5.63. The molecule has 0 aromatic heterocycles. The van der Waals surface area contributed by atoms with Crippen molar-refractivity contribution in [3.63, 3.8) is 0 Å². The first-order chi connectivity index (χ1) is 26.9. The number of likely N-dealkylation sites (N-methyl/N-ethyl adjacent to an activating group) is 1. The minimum atomic E-state index is -4.64. The molecule has 0 aliphatic heterocycles. The molecule has 56 heavy (non-hydrogen) atoms. The Hall–Kier alpha value is -2.07. The van der Waals surface area contributed by atoms with Gasteiger partial charge < -0.3 is 33.0 Å². The topological polar surface area (TPSA) is 131 Å². The molecule has 0 radical (unpaired) electrons. The Balaban J connectivity index is 4.46. The molecule has 326 valence electrons. The van der Waals surface area contributed by atoms with Gasteiger partial charge in [0.05, 0.1) is 33.9 Å². The van der Waals surface area contributed by atoms with E-state index in [2.05, 4.69) is 49.5 Å². The lowest BCUT2D eigenvalue weighted by molar-refractivity contribution is -0.870. The summed E-state index contributed by atoms with van der Waals surface area (Å²) in [6.07, 6.45) is 39.4. The van der Waals surface area contributed by atoms with Crippen LogP contribution in [0.4, 0.5) is 0 Å². The van der Waals surface area contributed by atoms with Gasteiger partial charge in [-0.2, -0.15) is 0 Å². The van der Waals surface area contributed by atoms with E-state index in [1.54, 1.807) is 0 Å². The zero-order chi connectivity index (χ0) is 41.6. The Morgan fingerprint density at radius 2 is 1.12 bits per heavy atom. The molecular formula is C45H82NO9P. The highest BCUT2D eigenvalue weighted by molar-refractivity contribution is 7.45. The third-order valence-electron chi connectivity index (χ3n) is 9.27. The van der Waals surface area contributed by atoms with Crippen LogP contribution in [-0.4, -0.2) is 81.2 Å². The molecule has 0 saturated heterocycles. The zero-order valence-electron chi connectivity index (χ0n) is 36.2. The Kier molecular flexibility index (Phi) is 35.8. The molecule has 0 spiro atoms. The molecule has 0 aromatic carbocycles. The van der Waals surface area contributed by atoms with Gasteiger partial charge >= 0.3 is 11.9 Å². The van der Waals surface area contributed by atoms with Crippen molar-refractivity contribution in [2.24, 2.45) is 0 Å². The molecule has 3 atom stereocenters. The smallest absolute Gasteiger partial charge is 0.306 e. The lowest BCUT2D eigenvalue weighted by Gasteiger charge is -2.28. The highest BCUT2D eigenvalue weighted by Crippen LogP contribution is 2.38. The summed E-state index contributed by atoms with van der Waals surface area (Å²) in [5.41, 5.74) is 0. The molecule has 0 aromatic rings. The van der Waals surface area contributed by atoms with Gasteiger partial charge in [0, 0.05) is 12.8 Å². The van der Waals surface area contributed by atoms with Crippen molar-refractivity contribution in [2.45, 2.75) is 180 Å². The minimum Gasteiger partial charge on any atom is -0.756 e. The number of nitrogens with zero attached hydrogens (tertiary/aromatic N) is 1. The van der Waals surface area contributed by atoms with Crippen molar-refractivity contribution < 1.29 is 47.2 Å². The van der Waals surface area contributed by atoms with E-state index in [-0.39, 0.29) is 32.2 Å². The van der Waals surface area contributed by atoms with Gasteiger partial charge in [-0.1, -0.05) is 146 Å². The molecule has 0 amide bonds. The third kappa shape index (κ3) is 40.1. The Bertz CT molecular complexity index is 1120. The van der Waals surface area contributed by atoms with Crippen molar-refractivity contribution in [2.75, 3.05) is 47.5 Å². The number of phosphoric ester groups is 1. The van der Waals surface area contributed by atoms with E-state index in [1.807, 2.05) is 34.1 Å². The van der Waals surface area contributed by atoms with E-state index in [1.165, 1.54) is 64.2 Å². The van der Waals surface area contributed by atoms with E-state index >= 15 is 0 Å². The van der Waals surface area contributed by atoms with Crippen LogP contribution < -0.4 is 4.89 Å². The number of carbonyl (C=O) groups is 2. The second-order valence-electron chi connectivity index (χ2n) is 15.9. The van der Waals surface area contributed by atoms with Crippen LogP contribution in [0.3, 0.4) is 0 Å². The molecule has 0 aliphatic rings. The molecular weight excluding hydrogens is 729 g/mol. The third-order valence-corrected chi connectivity index (χ3v) is 10.2. The van der Waals surface area contributed by atoms with Crippen LogP contribution in [-0.2, 0) is 32.7 Å². The first kappa shape index (κ1) is 53.9. The van der Waals surface area contributed by atoms with Gasteiger partial charge in [-0.15, -0.1) is 0 Å². The zero-order valence-corrected chi connectivity index (χ0v) is 37.1. The van der Waals surface area contributed by atoms with Crippen molar-refractivity contribution in [1.82, 2.24) is 0 Å². The summed E-state index contributed by atoms with van der Waals surface area (Å²) in [6.45, 7) is 3.87. The summed E-state index contributed by atoms with van der Waals surface area (Å²) in [4.78, 5) is 37.5. The quantitative estimate of drug-likeness (QED) is 0.0212. The number of aliphatic hydroxyl groups is 1. The first-order valence-corrected chi connectivity index (χ1v) is 23.4. The number of esters is 2. The van der Waals surface area contributed by atoms with Gasteiger partial charge in [0.15, 0.2) is 6.10 Å². The average Bonchev–Trinajstić information content (AvgIpc) is 3.15. The summed E-state index contributed by atoms with van der Waals surface area (Å²) < 4.78 is 33.8. The summed E-state index contributed by atoms with van der Waals surface area (Å²) >= 11 is 0. The average molecular weight is 812 g/mol. The monoisotopic (exact) mass is 812 g/mol. The highest BCUT2D eigenvalue weighted by Gasteiger charge is 2.21. The van der Waals surface area contributed by atoms with E-state index in [0.29, 0.717) is 23.9 Å². The van der Waals surface area contributed by atoms with E-state index in [0.717, 1.165) is 64.2 Å². The van der Waals surface area contributed by atoms with E-state index in [4.69, 9.17) is 18.5 Å². The summed E-state index contributed by atoms with van der Waals surface area (Å²) in [5.74, 6) is -0.918. The SMILES string of the molecule is CCCCCCCCCCCCCCCCC(=O)O[C@H](COC(=O)CCC/C=C\C/C=C\C/C=C\C/C=C\CC[C@@H](O)CC)COP(=O)([O-])OCC[N+](C)(C)C. The van der Waals surface area contributed by atoms with Gasteiger partial charge in [-0.25, -0.2) is 0 Å². The number of carbonyl (C=O) groups excluding carboxylic acids is 2. The molecule has 1 N–H and O–H groups in total. The number of unbranched alkanes of at least 4 members (excludes halogenated alkanes) is 14. The van der Waals surface area contributed by atoms with Gasteiger partial charge in [0.25, 0.3) is 7.82 Å². The number of hydrogen-bond donors (Lipinski definition) is 1. The molecule has 0 saturated carbocycles. The second kappa shape index (κ2) is 37.2. The van der Waals surface area contributed by atoms with Gasteiger partial charge in [0.1, 0.15) is 19.8 Å². The van der Waals surface area contributed by atoms with Crippen LogP contribution in [0.5, 0.6) is 0 Å². The summed E-state index contributed by atoms with van der Waals surface area (Å²) in [6, 6.07) is 0. The van der Waals surface area contributed by atoms with Crippen LogP contribution in [0.25, 0.3) is 0 Å². The normalized spacial score (nSPS) is 14.6. The lowest BCUT2D eigenvalue weighted by atomic mass is 10.0. The number of phosphoric acid groups is 1. The summed E-state index contributed by atoms with van der Waals surface area (Å²) in [7, 11) is 1.11. The van der Waals surface area contributed by atoms with E-state index in [9.17, 15) is 24.2 Å². The molecule has 1 unspecified atom stereocenters. The van der Waals surface area contributed by atoms with Crippen molar-refractivity contribution in [3.8, 4) is 0 Å². The van der Waals surface area contributed by atoms with Crippen LogP contribution in [0.15, 0.2) is 48.6 Å². The summed E-state index contributed by atoms with van der Waals surface area (Å²) in [5, 5.41) is 9.56. The maximum absolute atomic E-state index is 12.7. The molecule has 0 aliphatic carbocycles. The second-order valence-corrected chi connectivity index (χ2v) is 17.3. The molecule has 0 heterocycles. The Labute approximate surface area is 342 Å². The highest BCUT2D eigenvalue weighted by atomic mass is 31.2. The van der Waals surface area contributed by atoms with Crippen molar-refractivity contribution in [1.29, 1.82) is 0 Å². The maximum Gasteiger partial charge on any atom is 0.306 e. The van der Waals surface area contributed by atoms with Gasteiger partial charge in [-0.05, 0) is 57.8 Å². The largest absolute Gasteiger partial charge is 0.756 e. The number of aliphatic hydroxyl groups excluding tert-OH is 1. The first-order valence-electron chi connectivity index (χ1n) is 21.9. The fraction of sp³-hybridized carbons (Fsp3) is 0.778. The molecule has 0 rings (SSSR count). The van der Waals surface area contributed by atoms with Crippen LogP contribution in [0, 0.1) is 0 Å². The molecule has 0 fully saturated rings. The van der Waals surface area contributed by atoms with Gasteiger partial charge in [-0.3, -0.25) is 14.2 Å². The van der Waals surface area contributed by atoms with Gasteiger partial charge in [0.2, 0.25) is 0 Å². The number of hydrogen-bond acceptors (Lipinski definition) is 9. The fourth-order valence-corrected chi connectivity index (χ4v) is 6.36. The standard InChI is InChI=1S/C45H82NO9P/c1-6-8-9-10-11-12-13-14-18-22-25-28-31-34-37-45(49)55-43(41-54-56(50,51)53-39-38-46(3,4)5)40-52-44(48)36-33-30-27-24-21-19-16-15-17-20-23-26-29-32-35-42(47)7-2/h16-17,19-20,24,26-27,29,42-43,47H,6-15,18,21-23,25,28,30-41H2,1-5H3/b19-16-,20-17-,27-24-,29-26-/t42-,43+/m0/s1. The number of quaternary nitrogens is 1. The van der Waals surface area contributed by atoms with Crippen molar-refractivity contribution in [3.05, 3.63) is 48.6 Å². The molecule has 10 nitrogen and oxygen atoms in total. The maximum atomic E-state index is 12.7. The van der Waals surface area contributed by atoms with Crippen LogP contribution in [0.2, 0.25) is 0 Å². The predicted octanol–water partition coefficient (Wildman–Crippen LogP) is 10.6.